The fourth-order valence-corrected chi connectivity index (χ4v) is 6.42. The van der Waals surface area contributed by atoms with Gasteiger partial charge in [0.15, 0.2) is 0 Å². The molecule has 5 heteroatoms. The van der Waals surface area contributed by atoms with Gasteiger partial charge in [0, 0.05) is 15.8 Å². The van der Waals surface area contributed by atoms with Crippen molar-refractivity contribution >= 4 is 27.3 Å². The van der Waals surface area contributed by atoms with Crippen LogP contribution in [0, 0.1) is 5.92 Å². The molecule has 2 aromatic rings. The Labute approximate surface area is 158 Å². The highest BCUT2D eigenvalue weighted by Gasteiger charge is 2.60. The molecule has 138 valence electrons. The van der Waals surface area contributed by atoms with Gasteiger partial charge in [0.05, 0.1) is 16.5 Å². The number of hydrogen-bond acceptors (Lipinski definition) is 4. The third-order valence-corrected chi connectivity index (χ3v) is 7.88. The van der Waals surface area contributed by atoms with E-state index in [0.717, 1.165) is 20.5 Å². The van der Waals surface area contributed by atoms with Crippen molar-refractivity contribution in [3.8, 4) is 0 Å². The van der Waals surface area contributed by atoms with E-state index >= 15 is 0 Å². The molecule has 1 atom stereocenters. The molecule has 1 saturated carbocycles. The van der Waals surface area contributed by atoms with Crippen molar-refractivity contribution in [3.63, 3.8) is 0 Å². The molecule has 3 saturated heterocycles. The average Bonchev–Trinajstić information content (AvgIpc) is 3.26. The summed E-state index contributed by atoms with van der Waals surface area (Å²) in [7, 11) is 0. The SMILES string of the molecule is CC(C)(O)c1cccc2cc(C(=O)N[C@H]3C4CCN(CC4)C34CC4)sc12. The van der Waals surface area contributed by atoms with Crippen molar-refractivity contribution in [2.24, 2.45) is 5.92 Å². The zero-order valence-corrected chi connectivity index (χ0v) is 16.2. The molecule has 2 bridgehead atoms. The van der Waals surface area contributed by atoms with Gasteiger partial charge in [-0.25, -0.2) is 0 Å². The molecule has 1 spiro atoms. The molecule has 4 fully saturated rings. The predicted molar refractivity (Wildman–Crippen MR) is 105 cm³/mol. The third kappa shape index (κ3) is 2.44. The summed E-state index contributed by atoms with van der Waals surface area (Å²) in [6.45, 7) is 6.00. The van der Waals surface area contributed by atoms with Gasteiger partial charge in [-0.3, -0.25) is 9.69 Å². The molecule has 1 aliphatic carbocycles. The number of fused-ring (bicyclic) bond motifs is 3. The minimum absolute atomic E-state index is 0.0536. The molecule has 1 amide bonds. The van der Waals surface area contributed by atoms with Crippen LogP contribution in [0.3, 0.4) is 0 Å². The molecule has 2 N–H and O–H groups in total. The predicted octanol–water partition coefficient (Wildman–Crippen LogP) is 3.49. The van der Waals surface area contributed by atoms with Crippen molar-refractivity contribution in [1.82, 2.24) is 10.2 Å². The Morgan fingerprint density at radius 1 is 1.31 bits per heavy atom. The number of hydrogen-bond donors (Lipinski definition) is 2. The topological polar surface area (TPSA) is 52.6 Å². The van der Waals surface area contributed by atoms with E-state index in [-0.39, 0.29) is 11.4 Å². The van der Waals surface area contributed by atoms with Crippen molar-refractivity contribution in [2.45, 2.75) is 56.7 Å². The van der Waals surface area contributed by atoms with E-state index in [1.165, 1.54) is 50.1 Å². The Morgan fingerprint density at radius 2 is 2.04 bits per heavy atom. The number of aliphatic hydroxyl groups is 1. The zero-order chi connectivity index (χ0) is 18.1. The van der Waals surface area contributed by atoms with Crippen LogP contribution in [0.4, 0.5) is 0 Å². The lowest BCUT2D eigenvalue weighted by molar-refractivity contribution is -0.00138. The first-order valence-corrected chi connectivity index (χ1v) is 10.5. The van der Waals surface area contributed by atoms with Crippen LogP contribution in [0.5, 0.6) is 0 Å². The zero-order valence-electron chi connectivity index (χ0n) is 15.4. The summed E-state index contributed by atoms with van der Waals surface area (Å²) in [5, 5.41) is 14.9. The molecule has 6 rings (SSSR count). The molecule has 1 aromatic heterocycles. The highest BCUT2D eigenvalue weighted by Crippen LogP contribution is 2.53. The maximum absolute atomic E-state index is 13.1. The lowest BCUT2D eigenvalue weighted by atomic mass is 9.77. The van der Waals surface area contributed by atoms with E-state index in [0.29, 0.717) is 12.0 Å². The van der Waals surface area contributed by atoms with Gasteiger partial charge in [-0.1, -0.05) is 18.2 Å². The van der Waals surface area contributed by atoms with Gasteiger partial charge in [0.25, 0.3) is 5.91 Å². The Hall–Kier alpha value is -1.43. The minimum Gasteiger partial charge on any atom is -0.386 e. The van der Waals surface area contributed by atoms with E-state index in [2.05, 4.69) is 10.2 Å². The number of carbonyl (C=O) groups excluding carboxylic acids is 1. The first-order valence-electron chi connectivity index (χ1n) is 9.70. The summed E-state index contributed by atoms with van der Waals surface area (Å²) in [5.41, 5.74) is 0.234. The van der Waals surface area contributed by atoms with Crippen molar-refractivity contribution in [3.05, 3.63) is 34.7 Å². The van der Waals surface area contributed by atoms with Crippen LogP contribution in [0.1, 0.15) is 54.8 Å². The normalized spacial score (nSPS) is 29.3. The molecular formula is C21H26N2O2S. The molecular weight excluding hydrogens is 344 g/mol. The number of piperidine rings is 3. The summed E-state index contributed by atoms with van der Waals surface area (Å²) in [6.07, 6.45) is 4.87. The fourth-order valence-electron chi connectivity index (χ4n) is 5.19. The standard InChI is InChI=1S/C21H26N2O2S/c1-20(2,25)15-5-3-4-14-12-16(26-17(14)15)19(24)22-18-13-6-10-23(11-7-13)21(18)8-9-21/h3-5,12-13,18,25H,6-11H2,1-2H3,(H,22,24)/t18-/m0/s1. The van der Waals surface area contributed by atoms with Crippen LogP contribution < -0.4 is 5.32 Å². The van der Waals surface area contributed by atoms with Gasteiger partial charge < -0.3 is 10.4 Å². The summed E-state index contributed by atoms with van der Waals surface area (Å²) in [6, 6.07) is 8.21. The molecule has 4 nitrogen and oxygen atoms in total. The Morgan fingerprint density at radius 3 is 2.69 bits per heavy atom. The van der Waals surface area contributed by atoms with E-state index in [1.54, 1.807) is 13.8 Å². The minimum atomic E-state index is -0.911. The van der Waals surface area contributed by atoms with Crippen LogP contribution >= 0.6 is 11.3 Å². The van der Waals surface area contributed by atoms with E-state index in [4.69, 9.17) is 0 Å². The van der Waals surface area contributed by atoms with E-state index < -0.39 is 5.60 Å². The van der Waals surface area contributed by atoms with Gasteiger partial charge in [0.1, 0.15) is 0 Å². The Bertz CT molecular complexity index is 870. The third-order valence-electron chi connectivity index (χ3n) is 6.70. The summed E-state index contributed by atoms with van der Waals surface area (Å²) >= 11 is 1.50. The van der Waals surface area contributed by atoms with Crippen LogP contribution in [-0.4, -0.2) is 40.6 Å². The molecule has 1 aromatic carbocycles. The molecule has 3 aliphatic heterocycles. The molecule has 4 heterocycles. The Balaban J connectivity index is 1.44. The lowest BCUT2D eigenvalue weighted by Gasteiger charge is -2.52. The number of rotatable bonds is 3. The molecule has 4 aliphatic rings. The number of amides is 1. The smallest absolute Gasteiger partial charge is 0.261 e. The van der Waals surface area contributed by atoms with Crippen LogP contribution in [0.2, 0.25) is 0 Å². The highest BCUT2D eigenvalue weighted by molar-refractivity contribution is 7.21. The van der Waals surface area contributed by atoms with Crippen molar-refractivity contribution in [1.29, 1.82) is 0 Å². The number of thiophene rings is 1. The number of nitrogens with one attached hydrogen (secondary N) is 1. The van der Waals surface area contributed by atoms with Gasteiger partial charge in [-0.05, 0) is 70.0 Å². The van der Waals surface area contributed by atoms with Crippen LogP contribution in [0.25, 0.3) is 10.1 Å². The molecule has 0 radical (unpaired) electrons. The van der Waals surface area contributed by atoms with Crippen molar-refractivity contribution in [2.75, 3.05) is 13.1 Å². The fraction of sp³-hybridized carbons (Fsp3) is 0.571. The number of benzene rings is 1. The summed E-state index contributed by atoms with van der Waals surface area (Å²) in [5.74, 6) is 0.686. The molecule has 0 unspecified atom stereocenters. The summed E-state index contributed by atoms with van der Waals surface area (Å²) in [4.78, 5) is 16.4. The van der Waals surface area contributed by atoms with Gasteiger partial charge in [0.2, 0.25) is 0 Å². The Kier molecular flexibility index (Phi) is 3.56. The van der Waals surface area contributed by atoms with Gasteiger partial charge >= 0.3 is 0 Å². The largest absolute Gasteiger partial charge is 0.386 e. The monoisotopic (exact) mass is 370 g/mol. The first kappa shape index (κ1) is 16.7. The first-order chi connectivity index (χ1) is 12.4. The number of nitrogens with zero attached hydrogens (tertiary/aromatic N) is 1. The highest BCUT2D eigenvalue weighted by atomic mass is 32.1. The van der Waals surface area contributed by atoms with Gasteiger partial charge in [-0.15, -0.1) is 11.3 Å². The maximum Gasteiger partial charge on any atom is 0.261 e. The van der Waals surface area contributed by atoms with Crippen LogP contribution in [-0.2, 0) is 5.60 Å². The lowest BCUT2D eigenvalue weighted by Crippen LogP contribution is -2.65. The number of carbonyl (C=O) groups is 1. The van der Waals surface area contributed by atoms with E-state index in [9.17, 15) is 9.90 Å². The quantitative estimate of drug-likeness (QED) is 0.870. The van der Waals surface area contributed by atoms with Gasteiger partial charge in [-0.2, -0.15) is 0 Å². The second-order valence-electron chi connectivity index (χ2n) is 8.77. The molecule has 26 heavy (non-hydrogen) atoms. The maximum atomic E-state index is 13.1. The van der Waals surface area contributed by atoms with Crippen molar-refractivity contribution < 1.29 is 9.90 Å². The second-order valence-corrected chi connectivity index (χ2v) is 9.82. The van der Waals surface area contributed by atoms with E-state index in [1.807, 2.05) is 24.3 Å². The second kappa shape index (κ2) is 5.54. The summed E-state index contributed by atoms with van der Waals surface area (Å²) < 4.78 is 1.01. The average molecular weight is 371 g/mol. The van der Waals surface area contributed by atoms with Crippen LogP contribution in [0.15, 0.2) is 24.3 Å².